The van der Waals surface area contributed by atoms with Crippen LogP contribution in [0.25, 0.3) is 0 Å². The zero-order chi connectivity index (χ0) is 10.6. The van der Waals surface area contributed by atoms with Crippen LogP contribution in [0.1, 0.15) is 12.8 Å². The van der Waals surface area contributed by atoms with Crippen molar-refractivity contribution in [2.75, 3.05) is 13.7 Å². The molecule has 82 valence electrons. The summed E-state index contributed by atoms with van der Waals surface area (Å²) in [6.45, 7) is 0.757. The lowest BCUT2D eigenvalue weighted by Gasteiger charge is -2.31. The molecule has 1 aliphatic rings. The number of benzene rings is 1. The SMILES string of the molecule is CO[Si]1(Oc2ccccc2)CCCCO1. The van der Waals surface area contributed by atoms with Gasteiger partial charge < -0.3 is 13.3 Å². The van der Waals surface area contributed by atoms with Crippen molar-refractivity contribution in [2.24, 2.45) is 0 Å². The van der Waals surface area contributed by atoms with E-state index in [1.54, 1.807) is 7.11 Å². The molecule has 1 aromatic carbocycles. The van der Waals surface area contributed by atoms with E-state index in [2.05, 4.69) is 0 Å². The molecule has 0 saturated carbocycles. The van der Waals surface area contributed by atoms with E-state index < -0.39 is 8.80 Å². The summed E-state index contributed by atoms with van der Waals surface area (Å²) in [5.41, 5.74) is 0. The van der Waals surface area contributed by atoms with E-state index in [1.807, 2.05) is 30.3 Å². The van der Waals surface area contributed by atoms with Crippen LogP contribution in [-0.2, 0) is 8.85 Å². The van der Waals surface area contributed by atoms with Crippen LogP contribution in [-0.4, -0.2) is 22.5 Å². The summed E-state index contributed by atoms with van der Waals surface area (Å²) in [5, 5.41) is 0. The highest BCUT2D eigenvalue weighted by molar-refractivity contribution is 6.61. The Morgan fingerprint density at radius 3 is 2.60 bits per heavy atom. The lowest BCUT2D eigenvalue weighted by molar-refractivity contribution is 0.111. The smallest absolute Gasteiger partial charge is 0.501 e. The van der Waals surface area contributed by atoms with E-state index in [4.69, 9.17) is 13.3 Å². The van der Waals surface area contributed by atoms with Gasteiger partial charge in [0.2, 0.25) is 0 Å². The van der Waals surface area contributed by atoms with Crippen LogP contribution in [0.3, 0.4) is 0 Å². The first-order valence-corrected chi connectivity index (χ1v) is 7.21. The van der Waals surface area contributed by atoms with Gasteiger partial charge >= 0.3 is 8.80 Å². The van der Waals surface area contributed by atoms with Crippen molar-refractivity contribution in [1.82, 2.24) is 0 Å². The maximum Gasteiger partial charge on any atom is 0.565 e. The van der Waals surface area contributed by atoms with Crippen LogP contribution in [0.2, 0.25) is 6.04 Å². The molecule has 1 atom stereocenters. The lowest BCUT2D eigenvalue weighted by atomic mass is 10.3. The fraction of sp³-hybridized carbons (Fsp3) is 0.455. The topological polar surface area (TPSA) is 27.7 Å². The van der Waals surface area contributed by atoms with Crippen LogP contribution in [0.15, 0.2) is 30.3 Å². The Morgan fingerprint density at radius 1 is 1.20 bits per heavy atom. The zero-order valence-corrected chi connectivity index (χ0v) is 9.94. The monoisotopic (exact) mass is 224 g/mol. The number of hydrogen-bond donors (Lipinski definition) is 0. The molecular formula is C11H16O3Si. The third-order valence-electron chi connectivity index (χ3n) is 2.53. The second kappa shape index (κ2) is 4.79. The molecule has 0 bridgehead atoms. The van der Waals surface area contributed by atoms with Crippen LogP contribution >= 0.6 is 0 Å². The van der Waals surface area contributed by atoms with E-state index in [1.165, 1.54) is 0 Å². The zero-order valence-electron chi connectivity index (χ0n) is 8.94. The molecule has 2 rings (SSSR count). The molecule has 0 aliphatic carbocycles. The molecule has 1 saturated heterocycles. The predicted octanol–water partition coefficient (Wildman–Crippen LogP) is 2.46. The second-order valence-electron chi connectivity index (χ2n) is 3.61. The van der Waals surface area contributed by atoms with Crippen LogP contribution < -0.4 is 4.43 Å². The maximum absolute atomic E-state index is 5.89. The lowest BCUT2D eigenvalue weighted by Crippen LogP contribution is -2.50. The average Bonchev–Trinajstić information content (AvgIpc) is 2.32. The van der Waals surface area contributed by atoms with Gasteiger partial charge in [-0.2, -0.15) is 0 Å². The first-order chi connectivity index (χ1) is 7.35. The minimum atomic E-state index is -2.40. The van der Waals surface area contributed by atoms with Crippen molar-refractivity contribution in [3.63, 3.8) is 0 Å². The van der Waals surface area contributed by atoms with Gasteiger partial charge in [-0.05, 0) is 25.0 Å². The molecule has 3 nitrogen and oxygen atoms in total. The van der Waals surface area contributed by atoms with Crippen molar-refractivity contribution >= 4 is 8.80 Å². The quantitative estimate of drug-likeness (QED) is 0.738. The fourth-order valence-corrected chi connectivity index (χ4v) is 4.04. The normalized spacial score (nSPS) is 26.2. The molecule has 1 heterocycles. The minimum absolute atomic E-state index is 0.757. The first kappa shape index (κ1) is 10.7. The molecule has 1 unspecified atom stereocenters. The van der Waals surface area contributed by atoms with Gasteiger partial charge in [-0.3, -0.25) is 0 Å². The molecule has 1 fully saturated rings. The molecule has 4 heteroatoms. The highest BCUT2D eigenvalue weighted by Gasteiger charge is 2.44. The summed E-state index contributed by atoms with van der Waals surface area (Å²) >= 11 is 0. The molecule has 0 aromatic heterocycles. The van der Waals surface area contributed by atoms with Gasteiger partial charge in [0, 0.05) is 19.8 Å². The molecule has 1 aliphatic heterocycles. The maximum atomic E-state index is 5.89. The summed E-state index contributed by atoms with van der Waals surface area (Å²) in [4.78, 5) is 0. The van der Waals surface area contributed by atoms with E-state index >= 15 is 0 Å². The molecule has 1 aromatic rings. The van der Waals surface area contributed by atoms with Gasteiger partial charge in [0.25, 0.3) is 0 Å². The van der Waals surface area contributed by atoms with Gasteiger partial charge in [-0.1, -0.05) is 18.2 Å². The van der Waals surface area contributed by atoms with Crippen molar-refractivity contribution < 1.29 is 13.3 Å². The molecular weight excluding hydrogens is 208 g/mol. The van der Waals surface area contributed by atoms with Gasteiger partial charge in [0.05, 0.1) is 0 Å². The van der Waals surface area contributed by atoms with E-state index in [9.17, 15) is 0 Å². The summed E-state index contributed by atoms with van der Waals surface area (Å²) in [6, 6.07) is 10.7. The highest BCUT2D eigenvalue weighted by atomic mass is 28.4. The van der Waals surface area contributed by atoms with Crippen molar-refractivity contribution in [3.05, 3.63) is 30.3 Å². The van der Waals surface area contributed by atoms with Crippen LogP contribution in [0.4, 0.5) is 0 Å². The Labute approximate surface area is 91.3 Å². The molecule has 0 spiro atoms. The summed E-state index contributed by atoms with van der Waals surface area (Å²) in [6.07, 6.45) is 2.24. The summed E-state index contributed by atoms with van der Waals surface area (Å²) in [7, 11) is -0.716. The largest absolute Gasteiger partial charge is 0.565 e. The molecule has 0 amide bonds. The van der Waals surface area contributed by atoms with Gasteiger partial charge in [-0.25, -0.2) is 0 Å². The van der Waals surface area contributed by atoms with Crippen LogP contribution in [0, 0.1) is 0 Å². The van der Waals surface area contributed by atoms with Crippen molar-refractivity contribution in [3.8, 4) is 5.75 Å². The van der Waals surface area contributed by atoms with Gasteiger partial charge in [0.1, 0.15) is 5.75 Å². The number of rotatable bonds is 3. The average molecular weight is 224 g/mol. The third kappa shape index (κ3) is 2.59. The standard InChI is InChI=1S/C11H16O3Si/c1-12-15(10-6-5-9-13-15)14-11-7-3-2-4-8-11/h2-4,7-8H,5-6,9-10H2,1H3. The van der Waals surface area contributed by atoms with E-state index in [0.717, 1.165) is 31.2 Å². The third-order valence-corrected chi connectivity index (χ3v) is 5.31. The van der Waals surface area contributed by atoms with Gasteiger partial charge in [-0.15, -0.1) is 0 Å². The number of para-hydroxylation sites is 1. The Hall–Kier alpha value is -0.843. The van der Waals surface area contributed by atoms with Crippen molar-refractivity contribution in [2.45, 2.75) is 18.9 Å². The Kier molecular flexibility index (Phi) is 3.40. The number of hydrogen-bond acceptors (Lipinski definition) is 3. The first-order valence-electron chi connectivity index (χ1n) is 5.28. The second-order valence-corrected chi connectivity index (χ2v) is 6.37. The Balaban J connectivity index is 2.07. The Bertz CT molecular complexity index is 296. The molecule has 15 heavy (non-hydrogen) atoms. The Morgan fingerprint density at radius 2 is 2.00 bits per heavy atom. The van der Waals surface area contributed by atoms with Gasteiger partial charge in [0.15, 0.2) is 0 Å². The van der Waals surface area contributed by atoms with E-state index in [-0.39, 0.29) is 0 Å². The van der Waals surface area contributed by atoms with Crippen LogP contribution in [0.5, 0.6) is 5.75 Å². The minimum Gasteiger partial charge on any atom is -0.501 e. The molecule has 0 N–H and O–H groups in total. The summed E-state index contributed by atoms with van der Waals surface area (Å²) in [5.74, 6) is 0.841. The predicted molar refractivity (Wildman–Crippen MR) is 59.8 cm³/mol. The fourth-order valence-electron chi connectivity index (χ4n) is 1.69. The summed E-state index contributed by atoms with van der Waals surface area (Å²) < 4.78 is 17.1. The van der Waals surface area contributed by atoms with Crippen molar-refractivity contribution in [1.29, 1.82) is 0 Å². The molecule has 0 radical (unpaired) electrons. The highest BCUT2D eigenvalue weighted by Crippen LogP contribution is 2.25. The van der Waals surface area contributed by atoms with E-state index in [0.29, 0.717) is 0 Å².